The summed E-state index contributed by atoms with van der Waals surface area (Å²) in [6, 6.07) is 0.155. The Labute approximate surface area is 90.8 Å². The molecular formula is C11H20N2O2. The lowest BCUT2D eigenvalue weighted by molar-refractivity contribution is -0.123. The van der Waals surface area contributed by atoms with Crippen molar-refractivity contribution in [1.29, 1.82) is 0 Å². The van der Waals surface area contributed by atoms with Gasteiger partial charge in [0.05, 0.1) is 12.1 Å². The second-order valence-corrected chi connectivity index (χ2v) is 4.61. The maximum atomic E-state index is 11.7. The van der Waals surface area contributed by atoms with Crippen LogP contribution in [0, 0.1) is 5.92 Å². The standard InChI is InChI=1S/C11H20N2O2/c1-15-10-7-12-6-9(10)13-11(14)5-8-3-2-4-8/h8-10,12H,2-7H2,1H3,(H,13,14)/t9?,10-/m0/s1. The van der Waals surface area contributed by atoms with Crippen molar-refractivity contribution in [3.63, 3.8) is 0 Å². The lowest BCUT2D eigenvalue weighted by Crippen LogP contribution is -2.44. The first-order valence-electron chi connectivity index (χ1n) is 5.82. The average Bonchev–Trinajstić information content (AvgIpc) is 2.59. The molecule has 1 saturated heterocycles. The van der Waals surface area contributed by atoms with Crippen molar-refractivity contribution in [2.75, 3.05) is 20.2 Å². The van der Waals surface area contributed by atoms with E-state index in [4.69, 9.17) is 4.74 Å². The number of nitrogens with one attached hydrogen (secondary N) is 2. The van der Waals surface area contributed by atoms with E-state index in [2.05, 4.69) is 10.6 Å². The first-order valence-corrected chi connectivity index (χ1v) is 5.82. The van der Waals surface area contributed by atoms with Crippen LogP contribution in [0.15, 0.2) is 0 Å². The third kappa shape index (κ3) is 2.69. The van der Waals surface area contributed by atoms with E-state index in [-0.39, 0.29) is 18.1 Å². The van der Waals surface area contributed by atoms with Gasteiger partial charge in [0.2, 0.25) is 5.91 Å². The van der Waals surface area contributed by atoms with Crippen molar-refractivity contribution >= 4 is 5.91 Å². The lowest BCUT2D eigenvalue weighted by atomic mass is 9.83. The van der Waals surface area contributed by atoms with Crippen LogP contribution in [-0.4, -0.2) is 38.3 Å². The van der Waals surface area contributed by atoms with Gasteiger partial charge in [-0.2, -0.15) is 0 Å². The first-order chi connectivity index (χ1) is 7.29. The number of amides is 1. The van der Waals surface area contributed by atoms with Gasteiger partial charge in [-0.1, -0.05) is 6.42 Å². The third-order valence-electron chi connectivity index (χ3n) is 3.51. The molecule has 0 radical (unpaired) electrons. The summed E-state index contributed by atoms with van der Waals surface area (Å²) in [6.07, 6.45) is 4.58. The molecule has 2 rings (SSSR count). The molecule has 1 heterocycles. The van der Waals surface area contributed by atoms with E-state index in [9.17, 15) is 4.79 Å². The number of hydrogen-bond donors (Lipinski definition) is 2. The Bertz CT molecular complexity index is 229. The second-order valence-electron chi connectivity index (χ2n) is 4.61. The number of ether oxygens (including phenoxy) is 1. The minimum atomic E-state index is 0.135. The van der Waals surface area contributed by atoms with Crippen LogP contribution < -0.4 is 10.6 Å². The van der Waals surface area contributed by atoms with Gasteiger partial charge in [-0.15, -0.1) is 0 Å². The summed E-state index contributed by atoms with van der Waals surface area (Å²) in [5.41, 5.74) is 0. The van der Waals surface area contributed by atoms with Gasteiger partial charge >= 0.3 is 0 Å². The Morgan fingerprint density at radius 3 is 2.87 bits per heavy atom. The molecule has 1 unspecified atom stereocenters. The van der Waals surface area contributed by atoms with Gasteiger partial charge in [0, 0.05) is 26.6 Å². The van der Waals surface area contributed by atoms with E-state index in [0.717, 1.165) is 13.1 Å². The minimum absolute atomic E-state index is 0.135. The highest BCUT2D eigenvalue weighted by atomic mass is 16.5. The van der Waals surface area contributed by atoms with Gasteiger partial charge in [-0.05, 0) is 18.8 Å². The van der Waals surface area contributed by atoms with Crippen LogP contribution in [0.1, 0.15) is 25.7 Å². The maximum Gasteiger partial charge on any atom is 0.220 e. The summed E-state index contributed by atoms with van der Waals surface area (Å²) in [4.78, 5) is 11.7. The Hall–Kier alpha value is -0.610. The fourth-order valence-corrected chi connectivity index (χ4v) is 2.27. The fraction of sp³-hybridized carbons (Fsp3) is 0.909. The topological polar surface area (TPSA) is 50.4 Å². The highest BCUT2D eigenvalue weighted by Gasteiger charge is 2.29. The molecule has 4 heteroatoms. The summed E-state index contributed by atoms with van der Waals surface area (Å²) in [7, 11) is 1.70. The van der Waals surface area contributed by atoms with Crippen LogP contribution in [0.5, 0.6) is 0 Å². The molecule has 1 aliphatic heterocycles. The Kier molecular flexibility index (Phi) is 3.59. The number of rotatable bonds is 4. The van der Waals surface area contributed by atoms with Crippen LogP contribution in [0.2, 0.25) is 0 Å². The van der Waals surface area contributed by atoms with Crippen LogP contribution >= 0.6 is 0 Å². The Morgan fingerprint density at radius 2 is 2.27 bits per heavy atom. The van der Waals surface area contributed by atoms with E-state index in [1.165, 1.54) is 19.3 Å². The van der Waals surface area contributed by atoms with Crippen LogP contribution in [0.3, 0.4) is 0 Å². The molecule has 2 fully saturated rings. The third-order valence-corrected chi connectivity index (χ3v) is 3.51. The van der Waals surface area contributed by atoms with Crippen molar-refractivity contribution in [3.05, 3.63) is 0 Å². The van der Waals surface area contributed by atoms with Gasteiger partial charge in [-0.3, -0.25) is 4.79 Å². The fourth-order valence-electron chi connectivity index (χ4n) is 2.27. The second kappa shape index (κ2) is 4.94. The number of methoxy groups -OCH3 is 1. The van der Waals surface area contributed by atoms with Crippen LogP contribution in [0.4, 0.5) is 0 Å². The van der Waals surface area contributed by atoms with Gasteiger partial charge in [-0.25, -0.2) is 0 Å². The Balaban J connectivity index is 1.72. The highest BCUT2D eigenvalue weighted by molar-refractivity contribution is 5.76. The minimum Gasteiger partial charge on any atom is -0.378 e. The molecule has 2 N–H and O–H groups in total. The van der Waals surface area contributed by atoms with Crippen molar-refractivity contribution in [3.8, 4) is 0 Å². The van der Waals surface area contributed by atoms with Gasteiger partial charge < -0.3 is 15.4 Å². The van der Waals surface area contributed by atoms with Crippen molar-refractivity contribution in [1.82, 2.24) is 10.6 Å². The predicted molar refractivity (Wildman–Crippen MR) is 57.6 cm³/mol. The highest BCUT2D eigenvalue weighted by Crippen LogP contribution is 2.29. The molecule has 1 aliphatic carbocycles. The molecular weight excluding hydrogens is 192 g/mol. The molecule has 86 valence electrons. The zero-order chi connectivity index (χ0) is 10.7. The molecule has 0 aromatic carbocycles. The molecule has 4 nitrogen and oxygen atoms in total. The molecule has 1 saturated carbocycles. The van der Waals surface area contributed by atoms with Crippen LogP contribution in [0.25, 0.3) is 0 Å². The number of hydrogen-bond acceptors (Lipinski definition) is 3. The molecule has 0 aromatic rings. The number of carbonyl (C=O) groups is 1. The summed E-state index contributed by atoms with van der Waals surface area (Å²) in [5, 5.41) is 6.27. The molecule has 0 aromatic heterocycles. The van der Waals surface area contributed by atoms with Crippen molar-refractivity contribution < 1.29 is 9.53 Å². The van der Waals surface area contributed by atoms with Gasteiger partial charge in [0.25, 0.3) is 0 Å². The zero-order valence-corrected chi connectivity index (χ0v) is 9.29. The quantitative estimate of drug-likeness (QED) is 0.704. The largest absolute Gasteiger partial charge is 0.378 e. The van der Waals surface area contributed by atoms with E-state index in [1.807, 2.05) is 0 Å². The monoisotopic (exact) mass is 212 g/mol. The molecule has 0 spiro atoms. The summed E-state index contributed by atoms with van der Waals surface area (Å²) < 4.78 is 5.29. The van der Waals surface area contributed by atoms with E-state index in [1.54, 1.807) is 7.11 Å². The van der Waals surface area contributed by atoms with E-state index >= 15 is 0 Å². The molecule has 0 bridgehead atoms. The SMILES string of the molecule is CO[C@H]1CNCC1NC(=O)CC1CCC1. The van der Waals surface area contributed by atoms with Crippen molar-refractivity contribution in [2.24, 2.45) is 5.92 Å². The maximum absolute atomic E-state index is 11.7. The van der Waals surface area contributed by atoms with Gasteiger partial charge in [0.15, 0.2) is 0 Å². The molecule has 1 amide bonds. The molecule has 2 atom stereocenters. The number of carbonyl (C=O) groups excluding carboxylic acids is 1. The van der Waals surface area contributed by atoms with E-state index in [0.29, 0.717) is 12.3 Å². The van der Waals surface area contributed by atoms with E-state index < -0.39 is 0 Å². The Morgan fingerprint density at radius 1 is 1.47 bits per heavy atom. The van der Waals surface area contributed by atoms with Crippen molar-refractivity contribution in [2.45, 2.75) is 37.8 Å². The summed E-state index contributed by atoms with van der Waals surface area (Å²) in [5.74, 6) is 0.829. The summed E-state index contributed by atoms with van der Waals surface area (Å²) in [6.45, 7) is 1.67. The molecule has 15 heavy (non-hydrogen) atoms. The smallest absolute Gasteiger partial charge is 0.220 e. The normalized spacial score (nSPS) is 31.3. The summed E-state index contributed by atoms with van der Waals surface area (Å²) >= 11 is 0. The average molecular weight is 212 g/mol. The van der Waals surface area contributed by atoms with Gasteiger partial charge in [0.1, 0.15) is 0 Å². The molecule has 2 aliphatic rings. The predicted octanol–water partition coefficient (Wildman–Crippen LogP) is 0.280. The van der Waals surface area contributed by atoms with Crippen LogP contribution in [-0.2, 0) is 9.53 Å². The first kappa shape index (κ1) is 10.9. The lowest BCUT2D eigenvalue weighted by Gasteiger charge is -2.26. The zero-order valence-electron chi connectivity index (χ0n) is 9.29.